The first-order chi connectivity index (χ1) is 10.2. The van der Waals surface area contributed by atoms with Crippen molar-refractivity contribution < 1.29 is 4.79 Å². The van der Waals surface area contributed by atoms with Gasteiger partial charge in [-0.25, -0.2) is 0 Å². The first-order valence-electron chi connectivity index (χ1n) is 9.12. The molecule has 124 valence electrons. The van der Waals surface area contributed by atoms with Gasteiger partial charge < -0.3 is 11.1 Å². The van der Waals surface area contributed by atoms with E-state index in [1.165, 1.54) is 38.5 Å². The van der Waals surface area contributed by atoms with Gasteiger partial charge in [0.2, 0.25) is 5.91 Å². The summed E-state index contributed by atoms with van der Waals surface area (Å²) in [5.74, 6) is 2.58. The Hall–Kier alpha value is -0.570. The van der Waals surface area contributed by atoms with Crippen molar-refractivity contribution in [1.82, 2.24) is 5.32 Å². The van der Waals surface area contributed by atoms with Crippen LogP contribution in [0.4, 0.5) is 0 Å². The van der Waals surface area contributed by atoms with Crippen LogP contribution in [0.2, 0.25) is 0 Å². The minimum atomic E-state index is 0.233. The summed E-state index contributed by atoms with van der Waals surface area (Å²) in [6.07, 6.45) is 11.7. The van der Waals surface area contributed by atoms with Crippen LogP contribution in [0.3, 0.4) is 0 Å². The van der Waals surface area contributed by atoms with Crippen molar-refractivity contribution >= 4 is 5.91 Å². The van der Waals surface area contributed by atoms with Gasteiger partial charge in [-0.05, 0) is 50.0 Å². The summed E-state index contributed by atoms with van der Waals surface area (Å²) in [4.78, 5) is 11.9. The third kappa shape index (κ3) is 8.45. The maximum Gasteiger partial charge on any atom is 0.220 e. The average molecular weight is 296 g/mol. The molecular formula is C18H36N2O. The molecule has 0 radical (unpaired) electrons. The second-order valence-corrected chi connectivity index (χ2v) is 7.05. The number of hydrogen-bond acceptors (Lipinski definition) is 2. The smallest absolute Gasteiger partial charge is 0.220 e. The van der Waals surface area contributed by atoms with E-state index >= 15 is 0 Å². The lowest BCUT2D eigenvalue weighted by Gasteiger charge is -2.26. The standard InChI is InChI=1S/C18H36N2O/c1-3-5-16(10-12-19)8-9-18(21)20-13-11-17-7-4-6-15(2)14-17/h15-17H,3-14,19H2,1-2H3,(H,20,21). The summed E-state index contributed by atoms with van der Waals surface area (Å²) in [6, 6.07) is 0. The fraction of sp³-hybridized carbons (Fsp3) is 0.944. The second kappa shape index (κ2) is 11.1. The summed E-state index contributed by atoms with van der Waals surface area (Å²) in [5, 5.41) is 3.11. The lowest BCUT2D eigenvalue weighted by Crippen LogP contribution is -2.27. The number of rotatable bonds is 10. The van der Waals surface area contributed by atoms with Crippen LogP contribution in [-0.4, -0.2) is 19.0 Å². The van der Waals surface area contributed by atoms with E-state index in [9.17, 15) is 4.79 Å². The minimum Gasteiger partial charge on any atom is -0.356 e. The highest BCUT2D eigenvalue weighted by atomic mass is 16.1. The molecule has 1 saturated carbocycles. The predicted molar refractivity (Wildman–Crippen MR) is 90.1 cm³/mol. The van der Waals surface area contributed by atoms with Crippen molar-refractivity contribution in [3.05, 3.63) is 0 Å². The van der Waals surface area contributed by atoms with Crippen LogP contribution in [0.25, 0.3) is 0 Å². The summed E-state index contributed by atoms with van der Waals surface area (Å²) >= 11 is 0. The summed E-state index contributed by atoms with van der Waals surface area (Å²) in [5.41, 5.74) is 5.64. The van der Waals surface area contributed by atoms with Crippen molar-refractivity contribution in [3.63, 3.8) is 0 Å². The van der Waals surface area contributed by atoms with Gasteiger partial charge in [-0.1, -0.05) is 46.0 Å². The molecule has 0 aromatic heterocycles. The third-order valence-electron chi connectivity index (χ3n) is 4.97. The van der Waals surface area contributed by atoms with Crippen LogP contribution in [0.5, 0.6) is 0 Å². The van der Waals surface area contributed by atoms with Gasteiger partial charge in [-0.2, -0.15) is 0 Å². The highest BCUT2D eigenvalue weighted by Gasteiger charge is 2.18. The molecule has 0 aliphatic heterocycles. The Kier molecular flexibility index (Phi) is 9.73. The molecule has 1 fully saturated rings. The topological polar surface area (TPSA) is 55.1 Å². The van der Waals surface area contributed by atoms with E-state index in [-0.39, 0.29) is 5.91 Å². The molecule has 1 aliphatic carbocycles. The zero-order valence-corrected chi connectivity index (χ0v) is 14.2. The van der Waals surface area contributed by atoms with Gasteiger partial charge >= 0.3 is 0 Å². The average Bonchev–Trinajstić information content (AvgIpc) is 2.45. The van der Waals surface area contributed by atoms with Crippen LogP contribution < -0.4 is 11.1 Å². The van der Waals surface area contributed by atoms with E-state index in [1.807, 2.05) is 0 Å². The quantitative estimate of drug-likeness (QED) is 0.643. The fourth-order valence-corrected chi connectivity index (χ4v) is 3.74. The number of nitrogens with one attached hydrogen (secondary N) is 1. The van der Waals surface area contributed by atoms with Gasteiger partial charge in [0.25, 0.3) is 0 Å². The van der Waals surface area contributed by atoms with Gasteiger partial charge in [-0.3, -0.25) is 4.79 Å². The van der Waals surface area contributed by atoms with Crippen LogP contribution in [0.1, 0.15) is 78.1 Å². The zero-order chi connectivity index (χ0) is 15.5. The molecule has 0 bridgehead atoms. The number of carbonyl (C=O) groups excluding carboxylic acids is 1. The second-order valence-electron chi connectivity index (χ2n) is 7.05. The number of carbonyl (C=O) groups is 1. The van der Waals surface area contributed by atoms with Gasteiger partial charge in [0, 0.05) is 13.0 Å². The van der Waals surface area contributed by atoms with E-state index < -0.39 is 0 Å². The van der Waals surface area contributed by atoms with Gasteiger partial charge in [0.1, 0.15) is 0 Å². The fourth-order valence-electron chi connectivity index (χ4n) is 3.74. The van der Waals surface area contributed by atoms with E-state index in [1.54, 1.807) is 0 Å². The Morgan fingerprint density at radius 3 is 2.76 bits per heavy atom. The molecule has 0 aromatic carbocycles. The molecule has 21 heavy (non-hydrogen) atoms. The Bertz CT molecular complexity index is 274. The summed E-state index contributed by atoms with van der Waals surface area (Å²) < 4.78 is 0. The molecule has 3 N–H and O–H groups in total. The monoisotopic (exact) mass is 296 g/mol. The van der Waals surface area contributed by atoms with E-state index in [0.29, 0.717) is 12.3 Å². The molecule has 1 amide bonds. The Morgan fingerprint density at radius 2 is 2.10 bits per heavy atom. The Labute approximate surface area is 131 Å². The minimum absolute atomic E-state index is 0.233. The molecule has 3 heteroatoms. The molecule has 1 aliphatic rings. The number of amides is 1. The van der Waals surface area contributed by atoms with Gasteiger partial charge in [0.05, 0.1) is 0 Å². The first kappa shape index (κ1) is 18.5. The normalized spacial score (nSPS) is 23.8. The molecule has 0 aromatic rings. The van der Waals surface area contributed by atoms with Crippen molar-refractivity contribution in [3.8, 4) is 0 Å². The Morgan fingerprint density at radius 1 is 1.29 bits per heavy atom. The molecular weight excluding hydrogens is 260 g/mol. The van der Waals surface area contributed by atoms with Gasteiger partial charge in [-0.15, -0.1) is 0 Å². The van der Waals surface area contributed by atoms with Crippen LogP contribution >= 0.6 is 0 Å². The van der Waals surface area contributed by atoms with Crippen LogP contribution in [-0.2, 0) is 4.79 Å². The molecule has 1 rings (SSSR count). The van der Waals surface area contributed by atoms with E-state index in [4.69, 9.17) is 5.73 Å². The molecule has 0 heterocycles. The molecule has 3 atom stereocenters. The summed E-state index contributed by atoms with van der Waals surface area (Å²) in [6.45, 7) is 6.17. The molecule has 0 saturated heterocycles. The first-order valence-corrected chi connectivity index (χ1v) is 9.12. The third-order valence-corrected chi connectivity index (χ3v) is 4.97. The van der Waals surface area contributed by atoms with Crippen molar-refractivity contribution in [2.24, 2.45) is 23.5 Å². The zero-order valence-electron chi connectivity index (χ0n) is 14.2. The number of hydrogen-bond donors (Lipinski definition) is 2. The highest BCUT2D eigenvalue weighted by Crippen LogP contribution is 2.30. The largest absolute Gasteiger partial charge is 0.356 e. The van der Waals surface area contributed by atoms with E-state index in [2.05, 4.69) is 19.2 Å². The van der Waals surface area contributed by atoms with Crippen molar-refractivity contribution in [2.75, 3.05) is 13.1 Å². The maximum atomic E-state index is 11.9. The lowest BCUT2D eigenvalue weighted by atomic mass is 9.81. The summed E-state index contributed by atoms with van der Waals surface area (Å²) in [7, 11) is 0. The van der Waals surface area contributed by atoms with Crippen LogP contribution in [0.15, 0.2) is 0 Å². The molecule has 3 unspecified atom stereocenters. The SMILES string of the molecule is CCCC(CCN)CCC(=O)NCCC1CCCC(C)C1. The van der Waals surface area contributed by atoms with Gasteiger partial charge in [0.15, 0.2) is 0 Å². The lowest BCUT2D eigenvalue weighted by molar-refractivity contribution is -0.121. The van der Waals surface area contributed by atoms with Crippen LogP contribution in [0, 0.1) is 17.8 Å². The highest BCUT2D eigenvalue weighted by molar-refractivity contribution is 5.75. The molecule has 3 nitrogen and oxygen atoms in total. The Balaban J connectivity index is 2.09. The predicted octanol–water partition coefficient (Wildman–Crippen LogP) is 3.86. The van der Waals surface area contributed by atoms with E-state index in [0.717, 1.165) is 44.2 Å². The number of nitrogens with two attached hydrogens (primary N) is 1. The van der Waals surface area contributed by atoms with Crippen molar-refractivity contribution in [1.29, 1.82) is 0 Å². The molecule has 0 spiro atoms. The van der Waals surface area contributed by atoms with Crippen molar-refractivity contribution in [2.45, 2.75) is 78.1 Å². The maximum absolute atomic E-state index is 11.9.